The number of benzene rings is 1. The summed E-state index contributed by atoms with van der Waals surface area (Å²) >= 11 is 6.38. The number of likely N-dealkylation sites (N-methyl/N-ethyl adjacent to an activating group) is 1. The van der Waals surface area contributed by atoms with Crippen LogP contribution in [0.25, 0.3) is 5.76 Å². The van der Waals surface area contributed by atoms with E-state index in [9.17, 15) is 34.8 Å². The number of aliphatic hydroxyl groups is 3. The Kier molecular flexibility index (Phi) is 5.32. The second-order valence-corrected chi connectivity index (χ2v) is 9.29. The first kappa shape index (κ1) is 23.2. The number of nitrogens with zero attached hydrogens (tertiary/aromatic N) is 1. The van der Waals surface area contributed by atoms with Crippen molar-refractivity contribution in [1.29, 1.82) is 0 Å². The van der Waals surface area contributed by atoms with Crippen LogP contribution in [0.3, 0.4) is 0 Å². The topological polar surface area (TPSA) is 187 Å². The Balaban J connectivity index is 2.00. The average Bonchev–Trinajstić information content (AvgIpc) is 2.72. The number of nitrogens with two attached hydrogens (primary N) is 2. The summed E-state index contributed by atoms with van der Waals surface area (Å²) in [4.78, 5) is 40.1. The summed E-state index contributed by atoms with van der Waals surface area (Å²) in [6, 6.07) is 0.348. The lowest BCUT2D eigenvalue weighted by molar-refractivity contribution is -0.153. The van der Waals surface area contributed by atoms with E-state index in [4.69, 9.17) is 23.1 Å². The van der Waals surface area contributed by atoms with E-state index in [-0.39, 0.29) is 46.9 Å². The number of aliphatic hydroxyl groups excluding tert-OH is 2. The molecule has 11 heteroatoms. The Morgan fingerprint density at radius 3 is 2.45 bits per heavy atom. The number of amides is 1. The monoisotopic (exact) mass is 477 g/mol. The smallest absolute Gasteiger partial charge is 0.255 e. The normalized spacial score (nSPS) is 29.2. The lowest BCUT2D eigenvalue weighted by atomic mass is 9.57. The van der Waals surface area contributed by atoms with E-state index >= 15 is 0 Å². The van der Waals surface area contributed by atoms with Gasteiger partial charge in [-0.15, -0.1) is 0 Å². The van der Waals surface area contributed by atoms with Gasteiger partial charge in [-0.2, -0.15) is 0 Å². The SMILES string of the molecule is CN(C)[C@@H]1C(=O)C(C(N)=O)=C(O)[C@@]2(O)C(=O)C3=C(O)c4c(O)c(CN)cc(Cl)c4CC3C[C@@H]12. The highest BCUT2D eigenvalue weighted by Crippen LogP contribution is 2.53. The van der Waals surface area contributed by atoms with Crippen LogP contribution < -0.4 is 11.5 Å². The summed E-state index contributed by atoms with van der Waals surface area (Å²) in [7, 11) is 3.08. The lowest BCUT2D eigenvalue weighted by Gasteiger charge is -2.50. The molecule has 0 spiro atoms. The molecule has 1 unspecified atom stereocenters. The van der Waals surface area contributed by atoms with Gasteiger partial charge in [-0.3, -0.25) is 19.3 Å². The van der Waals surface area contributed by atoms with Crippen molar-refractivity contribution in [1.82, 2.24) is 4.90 Å². The third kappa shape index (κ3) is 2.95. The van der Waals surface area contributed by atoms with Crippen LogP contribution in [0, 0.1) is 11.8 Å². The summed E-state index contributed by atoms with van der Waals surface area (Å²) in [6.45, 7) is -0.0804. The predicted octanol–water partition coefficient (Wildman–Crippen LogP) is 0.0761. The summed E-state index contributed by atoms with van der Waals surface area (Å²) < 4.78 is 0. The standard InChI is InChI=1S/C22H24ClN3O7/c1-26(2)15-10-4-7-3-9-11(23)5-8(6-24)16(27)13(9)17(28)12(7)19(30)22(10,33)20(31)14(18(15)29)21(25)32/h5,7,10,15,27-28,31,33H,3-4,6,24H2,1-2H3,(H2,25,32)/t7?,10-,15-,22-/m0/s1. The molecule has 8 N–H and O–H groups in total. The van der Waals surface area contributed by atoms with E-state index in [1.54, 1.807) is 0 Å². The van der Waals surface area contributed by atoms with Crippen molar-refractivity contribution in [3.05, 3.63) is 44.7 Å². The zero-order valence-corrected chi connectivity index (χ0v) is 18.7. The number of aromatic hydroxyl groups is 1. The number of rotatable bonds is 3. The van der Waals surface area contributed by atoms with Gasteiger partial charge >= 0.3 is 0 Å². The minimum Gasteiger partial charge on any atom is -0.508 e. The Labute approximate surface area is 193 Å². The molecule has 0 saturated heterocycles. The molecular formula is C22H24ClN3O7. The number of phenols is 1. The number of carbonyl (C=O) groups excluding carboxylic acids is 3. The maximum absolute atomic E-state index is 13.7. The third-order valence-electron chi connectivity index (χ3n) is 6.97. The number of hydrogen-bond donors (Lipinski definition) is 6. The molecule has 1 fully saturated rings. The van der Waals surface area contributed by atoms with Crippen LogP contribution in [0.2, 0.25) is 5.02 Å². The van der Waals surface area contributed by atoms with E-state index in [2.05, 4.69) is 0 Å². The molecule has 33 heavy (non-hydrogen) atoms. The van der Waals surface area contributed by atoms with E-state index in [0.717, 1.165) is 0 Å². The highest BCUT2D eigenvalue weighted by atomic mass is 35.5. The summed E-state index contributed by atoms with van der Waals surface area (Å²) in [6.07, 6.45) is 0.132. The zero-order valence-electron chi connectivity index (χ0n) is 17.9. The molecule has 1 amide bonds. The number of ketones is 2. The number of Topliss-reactive ketones (excluding diaryl/α,β-unsaturated/α-hetero) is 2. The molecule has 4 rings (SSSR count). The van der Waals surface area contributed by atoms with Gasteiger partial charge in [0, 0.05) is 28.6 Å². The van der Waals surface area contributed by atoms with Gasteiger partial charge in [-0.05, 0) is 44.5 Å². The summed E-state index contributed by atoms with van der Waals surface area (Å²) in [5.41, 5.74) is 7.75. The van der Waals surface area contributed by atoms with Gasteiger partial charge in [0.05, 0.1) is 11.6 Å². The molecule has 4 atom stereocenters. The molecule has 1 aromatic rings. The van der Waals surface area contributed by atoms with Crippen molar-refractivity contribution >= 4 is 34.8 Å². The number of primary amides is 1. The van der Waals surface area contributed by atoms with Crippen LogP contribution >= 0.6 is 11.6 Å². The Hall–Kier alpha value is -2.92. The Morgan fingerprint density at radius 1 is 1.27 bits per heavy atom. The molecular weight excluding hydrogens is 454 g/mol. The van der Waals surface area contributed by atoms with Crippen molar-refractivity contribution in [3.63, 3.8) is 0 Å². The van der Waals surface area contributed by atoms with Crippen LogP contribution in [-0.4, -0.2) is 68.5 Å². The van der Waals surface area contributed by atoms with Crippen LogP contribution in [0.5, 0.6) is 5.75 Å². The second-order valence-electron chi connectivity index (χ2n) is 8.89. The molecule has 0 aromatic heterocycles. The Bertz CT molecular complexity index is 1190. The minimum atomic E-state index is -2.67. The fourth-order valence-electron chi connectivity index (χ4n) is 5.47. The molecule has 0 heterocycles. The van der Waals surface area contributed by atoms with E-state index in [1.807, 2.05) is 0 Å². The number of halogens is 1. The molecule has 0 radical (unpaired) electrons. The van der Waals surface area contributed by atoms with Gasteiger partial charge in [-0.25, -0.2) is 0 Å². The highest BCUT2D eigenvalue weighted by Gasteiger charge is 2.64. The van der Waals surface area contributed by atoms with Gasteiger partial charge in [-0.1, -0.05) is 11.6 Å². The van der Waals surface area contributed by atoms with Crippen LogP contribution in [0.1, 0.15) is 23.1 Å². The predicted molar refractivity (Wildman–Crippen MR) is 117 cm³/mol. The fourth-order valence-corrected chi connectivity index (χ4v) is 5.78. The zero-order chi connectivity index (χ0) is 24.6. The van der Waals surface area contributed by atoms with Crippen molar-refractivity contribution in [3.8, 4) is 5.75 Å². The first-order valence-electron chi connectivity index (χ1n) is 10.3. The molecule has 0 bridgehead atoms. The molecule has 10 nitrogen and oxygen atoms in total. The van der Waals surface area contributed by atoms with E-state index in [0.29, 0.717) is 5.56 Å². The number of hydrogen-bond acceptors (Lipinski definition) is 9. The molecule has 3 aliphatic rings. The average molecular weight is 478 g/mol. The van der Waals surface area contributed by atoms with Crippen LogP contribution in [0.15, 0.2) is 23.0 Å². The molecule has 0 aliphatic heterocycles. The van der Waals surface area contributed by atoms with Crippen LogP contribution in [0.4, 0.5) is 0 Å². The summed E-state index contributed by atoms with van der Waals surface area (Å²) in [5.74, 6) is -7.03. The quantitative estimate of drug-likeness (QED) is 0.327. The van der Waals surface area contributed by atoms with Crippen molar-refractivity contribution in [2.45, 2.75) is 31.0 Å². The largest absolute Gasteiger partial charge is 0.508 e. The van der Waals surface area contributed by atoms with E-state index < -0.39 is 58.0 Å². The number of fused-ring (bicyclic) bond motifs is 3. The molecule has 1 aromatic carbocycles. The van der Waals surface area contributed by atoms with Gasteiger partial charge < -0.3 is 31.9 Å². The van der Waals surface area contributed by atoms with Crippen molar-refractivity contribution in [2.75, 3.05) is 14.1 Å². The summed E-state index contributed by atoms with van der Waals surface area (Å²) in [5, 5.41) is 44.2. The lowest BCUT2D eigenvalue weighted by Crippen LogP contribution is -2.65. The van der Waals surface area contributed by atoms with Crippen LogP contribution in [-0.2, 0) is 27.3 Å². The fraction of sp³-hybridized carbons (Fsp3) is 0.409. The number of phenolic OH excluding ortho intramolecular Hbond substituents is 1. The first-order chi connectivity index (χ1) is 15.4. The molecule has 3 aliphatic carbocycles. The first-order valence-corrected chi connectivity index (χ1v) is 10.6. The van der Waals surface area contributed by atoms with Gasteiger partial charge in [0.2, 0.25) is 5.78 Å². The Morgan fingerprint density at radius 2 is 1.91 bits per heavy atom. The number of carbonyl (C=O) groups is 3. The van der Waals surface area contributed by atoms with Crippen molar-refractivity contribution < 1.29 is 34.8 Å². The highest BCUT2D eigenvalue weighted by molar-refractivity contribution is 6.32. The second kappa shape index (κ2) is 7.56. The van der Waals surface area contributed by atoms with Gasteiger partial charge in [0.1, 0.15) is 22.8 Å². The maximum Gasteiger partial charge on any atom is 0.255 e. The molecule has 1 saturated carbocycles. The molecule has 176 valence electrons. The van der Waals surface area contributed by atoms with E-state index in [1.165, 1.54) is 25.1 Å². The van der Waals surface area contributed by atoms with Gasteiger partial charge in [0.25, 0.3) is 5.91 Å². The maximum atomic E-state index is 13.7. The third-order valence-corrected chi connectivity index (χ3v) is 7.30. The minimum absolute atomic E-state index is 0.00148. The van der Waals surface area contributed by atoms with Gasteiger partial charge in [0.15, 0.2) is 11.4 Å². The van der Waals surface area contributed by atoms with Crippen molar-refractivity contribution in [2.24, 2.45) is 23.3 Å².